The third-order valence-corrected chi connectivity index (χ3v) is 3.26. The molecule has 2 aromatic rings. The number of halogens is 4. The van der Waals surface area contributed by atoms with Gasteiger partial charge in [0.15, 0.2) is 0 Å². The number of nitrogens with one attached hydrogen (secondary N) is 1. The van der Waals surface area contributed by atoms with Gasteiger partial charge in [0.2, 0.25) is 6.86 Å². The van der Waals surface area contributed by atoms with Crippen LogP contribution in [0, 0.1) is 0 Å². The maximum absolute atomic E-state index is 12.4. The van der Waals surface area contributed by atoms with Gasteiger partial charge in [-0.1, -0.05) is 11.3 Å². The van der Waals surface area contributed by atoms with Crippen LogP contribution in [0.2, 0.25) is 0 Å². The van der Waals surface area contributed by atoms with Gasteiger partial charge >= 0.3 is 6.18 Å². The van der Waals surface area contributed by atoms with Crippen molar-refractivity contribution >= 4 is 22.9 Å². The van der Waals surface area contributed by atoms with Crippen molar-refractivity contribution in [1.29, 1.82) is 0 Å². The predicted molar refractivity (Wildman–Crippen MR) is 68.1 cm³/mol. The summed E-state index contributed by atoms with van der Waals surface area (Å²) in [6.07, 6.45) is -3.24. The first kappa shape index (κ1) is 15.2. The van der Waals surface area contributed by atoms with E-state index in [1.165, 1.54) is 6.20 Å². The van der Waals surface area contributed by atoms with E-state index in [0.29, 0.717) is 0 Å². The monoisotopic (exact) mass is 320 g/mol. The minimum atomic E-state index is -4.43. The third-order valence-electron chi connectivity index (χ3n) is 2.36. The zero-order valence-corrected chi connectivity index (χ0v) is 11.1. The predicted octanol–water partition coefficient (Wildman–Crippen LogP) is 3.72. The average Bonchev–Trinajstić information content (AvgIpc) is 2.87. The lowest BCUT2D eigenvalue weighted by molar-refractivity contribution is -0.137. The SMILES string of the molecule is O=C(Nc1ccc(C(F)(F)F)cc1)c1cnc(OCF)s1. The smallest absolute Gasteiger partial charge is 0.416 e. The molecule has 1 aromatic heterocycles. The number of aromatic nitrogens is 1. The van der Waals surface area contributed by atoms with Crippen LogP contribution < -0.4 is 10.1 Å². The van der Waals surface area contributed by atoms with Crippen molar-refractivity contribution in [2.75, 3.05) is 12.2 Å². The number of amides is 1. The molecule has 0 aliphatic rings. The number of carbonyl (C=O) groups excluding carboxylic acids is 1. The maximum Gasteiger partial charge on any atom is 0.416 e. The van der Waals surface area contributed by atoms with Crippen LogP contribution >= 0.6 is 11.3 Å². The molecule has 0 spiro atoms. The van der Waals surface area contributed by atoms with E-state index < -0.39 is 24.5 Å². The average molecular weight is 320 g/mol. The zero-order valence-electron chi connectivity index (χ0n) is 10.3. The Kier molecular flexibility index (Phi) is 4.41. The molecule has 4 nitrogen and oxygen atoms in total. The van der Waals surface area contributed by atoms with E-state index in [0.717, 1.165) is 35.6 Å². The van der Waals surface area contributed by atoms with Gasteiger partial charge in [-0.2, -0.15) is 13.2 Å². The summed E-state index contributed by atoms with van der Waals surface area (Å²) in [5.41, 5.74) is -0.605. The number of carbonyl (C=O) groups is 1. The number of ether oxygens (including phenoxy) is 1. The van der Waals surface area contributed by atoms with Crippen molar-refractivity contribution in [3.63, 3.8) is 0 Å². The van der Waals surface area contributed by atoms with Crippen molar-refractivity contribution in [3.8, 4) is 5.19 Å². The molecule has 0 aliphatic heterocycles. The zero-order chi connectivity index (χ0) is 15.5. The Morgan fingerprint density at radius 2 is 1.95 bits per heavy atom. The molecule has 1 N–H and O–H groups in total. The molecule has 1 aromatic carbocycles. The molecule has 0 bridgehead atoms. The molecular weight excluding hydrogens is 312 g/mol. The molecule has 0 unspecified atom stereocenters. The molecule has 9 heteroatoms. The van der Waals surface area contributed by atoms with E-state index in [4.69, 9.17) is 0 Å². The molecule has 0 saturated carbocycles. The van der Waals surface area contributed by atoms with Crippen molar-refractivity contribution in [2.24, 2.45) is 0 Å². The highest BCUT2D eigenvalue weighted by Gasteiger charge is 2.30. The molecule has 1 amide bonds. The van der Waals surface area contributed by atoms with Crippen LogP contribution in [0.3, 0.4) is 0 Å². The Hall–Kier alpha value is -2.16. The number of anilines is 1. The number of benzene rings is 1. The first-order valence-electron chi connectivity index (χ1n) is 5.53. The normalized spacial score (nSPS) is 11.2. The molecule has 112 valence electrons. The van der Waals surface area contributed by atoms with E-state index in [2.05, 4.69) is 15.0 Å². The topological polar surface area (TPSA) is 51.2 Å². The lowest BCUT2D eigenvalue weighted by Crippen LogP contribution is -2.11. The highest BCUT2D eigenvalue weighted by molar-refractivity contribution is 7.15. The van der Waals surface area contributed by atoms with Gasteiger partial charge in [0.25, 0.3) is 11.1 Å². The number of hydrogen-bond donors (Lipinski definition) is 1. The number of alkyl halides is 4. The first-order chi connectivity index (χ1) is 9.90. The van der Waals surface area contributed by atoms with Crippen molar-refractivity contribution in [2.45, 2.75) is 6.18 Å². The summed E-state index contributed by atoms with van der Waals surface area (Å²) < 4.78 is 53.5. The van der Waals surface area contributed by atoms with Crippen LogP contribution in [0.1, 0.15) is 15.2 Å². The fraction of sp³-hybridized carbons (Fsp3) is 0.167. The number of rotatable bonds is 4. The Balaban J connectivity index is 2.05. The van der Waals surface area contributed by atoms with Gasteiger partial charge in [0.05, 0.1) is 11.8 Å². The van der Waals surface area contributed by atoms with Crippen LogP contribution in [0.5, 0.6) is 5.19 Å². The van der Waals surface area contributed by atoms with Gasteiger partial charge in [0, 0.05) is 5.69 Å². The molecule has 0 saturated heterocycles. The Morgan fingerprint density at radius 3 is 2.52 bits per heavy atom. The molecule has 1 heterocycles. The fourth-order valence-corrected chi connectivity index (χ4v) is 2.06. The summed E-state index contributed by atoms with van der Waals surface area (Å²) in [4.78, 5) is 15.6. The number of hydrogen-bond acceptors (Lipinski definition) is 4. The van der Waals surface area contributed by atoms with E-state index in [1.54, 1.807) is 0 Å². The Labute approximate surface area is 120 Å². The van der Waals surface area contributed by atoms with E-state index in [1.807, 2.05) is 0 Å². The molecule has 2 rings (SSSR count). The minimum absolute atomic E-state index is 0.00457. The van der Waals surface area contributed by atoms with E-state index in [9.17, 15) is 22.4 Å². The second-order valence-electron chi connectivity index (χ2n) is 3.77. The highest BCUT2D eigenvalue weighted by atomic mass is 32.1. The lowest BCUT2D eigenvalue weighted by Gasteiger charge is -2.08. The van der Waals surface area contributed by atoms with Gasteiger partial charge < -0.3 is 10.1 Å². The third kappa shape index (κ3) is 3.91. The second-order valence-corrected chi connectivity index (χ2v) is 4.77. The number of thiazole rings is 1. The summed E-state index contributed by atoms with van der Waals surface area (Å²) in [7, 11) is 0. The summed E-state index contributed by atoms with van der Waals surface area (Å²) in [6.45, 7) is -1.06. The maximum atomic E-state index is 12.4. The molecule has 21 heavy (non-hydrogen) atoms. The van der Waals surface area contributed by atoms with Crippen LogP contribution in [-0.2, 0) is 6.18 Å². The first-order valence-corrected chi connectivity index (χ1v) is 6.35. The molecule has 0 fully saturated rings. The van der Waals surface area contributed by atoms with Gasteiger partial charge in [-0.3, -0.25) is 4.79 Å². The largest absolute Gasteiger partial charge is 0.438 e. The van der Waals surface area contributed by atoms with Gasteiger partial charge in [-0.05, 0) is 24.3 Å². The molecule has 0 aliphatic carbocycles. The summed E-state index contributed by atoms with van der Waals surface area (Å²) >= 11 is 0.827. The van der Waals surface area contributed by atoms with Crippen LogP contribution in [0.4, 0.5) is 23.2 Å². The van der Waals surface area contributed by atoms with Crippen molar-refractivity contribution in [3.05, 3.63) is 40.9 Å². The van der Waals surface area contributed by atoms with Gasteiger partial charge in [0.1, 0.15) is 4.88 Å². The minimum Gasteiger partial charge on any atom is -0.438 e. The Bertz CT molecular complexity index is 625. The van der Waals surface area contributed by atoms with Crippen LogP contribution in [-0.4, -0.2) is 17.8 Å². The van der Waals surface area contributed by atoms with Crippen LogP contribution in [0.15, 0.2) is 30.5 Å². The highest BCUT2D eigenvalue weighted by Crippen LogP contribution is 2.30. The quantitative estimate of drug-likeness (QED) is 0.874. The van der Waals surface area contributed by atoms with Crippen molar-refractivity contribution < 1.29 is 27.1 Å². The van der Waals surface area contributed by atoms with Gasteiger partial charge in [-0.15, -0.1) is 0 Å². The van der Waals surface area contributed by atoms with Gasteiger partial charge in [-0.25, -0.2) is 9.37 Å². The van der Waals surface area contributed by atoms with E-state index >= 15 is 0 Å². The van der Waals surface area contributed by atoms with Crippen LogP contribution in [0.25, 0.3) is 0 Å². The molecule has 0 atom stereocenters. The summed E-state index contributed by atoms with van der Waals surface area (Å²) in [5, 5.41) is 2.40. The summed E-state index contributed by atoms with van der Waals surface area (Å²) in [6, 6.07) is 4.00. The fourth-order valence-electron chi connectivity index (χ4n) is 1.41. The second kappa shape index (κ2) is 6.08. The van der Waals surface area contributed by atoms with Crippen molar-refractivity contribution in [1.82, 2.24) is 4.98 Å². The summed E-state index contributed by atoms with van der Waals surface area (Å²) in [5.74, 6) is -0.569. The standard InChI is InChI=1S/C12H8F4N2O2S/c13-6-20-11-17-5-9(21-11)10(19)18-8-3-1-7(2-4-8)12(14,15)16/h1-5H,6H2,(H,18,19). The molecule has 0 radical (unpaired) electrons. The molecular formula is C12H8F4N2O2S. The van der Waals surface area contributed by atoms with E-state index in [-0.39, 0.29) is 15.8 Å². The lowest BCUT2D eigenvalue weighted by atomic mass is 10.2. The number of nitrogens with zero attached hydrogens (tertiary/aromatic N) is 1. The Morgan fingerprint density at radius 1 is 1.29 bits per heavy atom.